The van der Waals surface area contributed by atoms with Gasteiger partial charge in [-0.25, -0.2) is 0 Å². The largest absolute Gasteiger partial charge is 0.481 e. The topological polar surface area (TPSA) is 95.9 Å². The third kappa shape index (κ3) is 5.67. The van der Waals surface area contributed by atoms with Gasteiger partial charge in [-0.3, -0.25) is 9.59 Å². The van der Waals surface area contributed by atoms with Crippen molar-refractivity contribution in [3.05, 3.63) is 0 Å². The Morgan fingerprint density at radius 1 is 1.44 bits per heavy atom. The lowest BCUT2D eigenvalue weighted by Crippen LogP contribution is -2.38. The Hall–Kier alpha value is -1.14. The zero-order valence-electron chi connectivity index (χ0n) is 9.82. The normalized spacial score (nSPS) is 13.2. The number of methoxy groups -OCH3 is 1. The molecule has 0 aliphatic rings. The van der Waals surface area contributed by atoms with Crippen molar-refractivity contribution < 1.29 is 24.5 Å². The summed E-state index contributed by atoms with van der Waals surface area (Å²) in [6.07, 6.45) is -0.899. The molecule has 1 atom stereocenters. The van der Waals surface area contributed by atoms with Crippen LogP contribution in [0.15, 0.2) is 0 Å². The third-order valence-corrected chi connectivity index (χ3v) is 2.08. The van der Waals surface area contributed by atoms with Crippen LogP contribution in [0.4, 0.5) is 0 Å². The highest BCUT2D eigenvalue weighted by Gasteiger charge is 2.30. The first kappa shape index (κ1) is 14.9. The van der Waals surface area contributed by atoms with E-state index in [2.05, 4.69) is 10.1 Å². The average molecular weight is 233 g/mol. The second-order valence-corrected chi connectivity index (χ2v) is 4.28. The number of amides is 1. The van der Waals surface area contributed by atoms with E-state index in [0.717, 1.165) is 0 Å². The predicted molar refractivity (Wildman–Crippen MR) is 56.9 cm³/mol. The lowest BCUT2D eigenvalue weighted by atomic mass is 9.89. The standard InChI is InChI=1S/C10H19NO5/c1-10(2,9(14)15)4-8(13)11-5-7(12)6-16-3/h7,12H,4-6H2,1-3H3,(H,11,13)(H,14,15). The fraction of sp³-hybridized carbons (Fsp3) is 0.800. The summed E-state index contributed by atoms with van der Waals surface area (Å²) in [7, 11) is 1.44. The maximum absolute atomic E-state index is 11.3. The van der Waals surface area contributed by atoms with E-state index < -0.39 is 23.4 Å². The Labute approximate surface area is 94.6 Å². The van der Waals surface area contributed by atoms with Crippen LogP contribution in [0, 0.1) is 5.41 Å². The number of carboxylic acid groups (broad SMARTS) is 1. The van der Waals surface area contributed by atoms with Gasteiger partial charge >= 0.3 is 5.97 Å². The summed E-state index contributed by atoms with van der Waals surface area (Å²) in [6, 6.07) is 0. The van der Waals surface area contributed by atoms with Crippen molar-refractivity contribution in [1.82, 2.24) is 5.32 Å². The SMILES string of the molecule is COCC(O)CNC(=O)CC(C)(C)C(=O)O. The average Bonchev–Trinajstić information content (AvgIpc) is 2.14. The van der Waals surface area contributed by atoms with Crippen LogP contribution in [-0.2, 0) is 14.3 Å². The molecule has 94 valence electrons. The predicted octanol–water partition coefficient (Wildman–Crippen LogP) is -0.389. The van der Waals surface area contributed by atoms with E-state index in [0.29, 0.717) is 0 Å². The quantitative estimate of drug-likeness (QED) is 0.556. The molecule has 6 heteroatoms. The Morgan fingerprint density at radius 2 is 2.00 bits per heavy atom. The minimum Gasteiger partial charge on any atom is -0.481 e. The van der Waals surface area contributed by atoms with Gasteiger partial charge in [-0.1, -0.05) is 0 Å². The van der Waals surface area contributed by atoms with Crippen molar-refractivity contribution in [2.24, 2.45) is 5.41 Å². The lowest BCUT2D eigenvalue weighted by molar-refractivity contribution is -0.149. The number of aliphatic carboxylic acids is 1. The number of rotatable bonds is 7. The number of carboxylic acids is 1. The van der Waals surface area contributed by atoms with Crippen molar-refractivity contribution in [2.75, 3.05) is 20.3 Å². The highest BCUT2D eigenvalue weighted by atomic mass is 16.5. The maximum atomic E-state index is 11.3. The highest BCUT2D eigenvalue weighted by Crippen LogP contribution is 2.19. The van der Waals surface area contributed by atoms with E-state index in [1.807, 2.05) is 0 Å². The van der Waals surface area contributed by atoms with Crippen LogP contribution in [-0.4, -0.2) is 48.5 Å². The zero-order valence-corrected chi connectivity index (χ0v) is 9.82. The molecule has 0 rings (SSSR count). The summed E-state index contributed by atoms with van der Waals surface area (Å²) >= 11 is 0. The Balaban J connectivity index is 3.96. The summed E-state index contributed by atoms with van der Waals surface area (Å²) in [5.41, 5.74) is -1.10. The number of carbonyl (C=O) groups excluding carboxylic acids is 1. The van der Waals surface area contributed by atoms with Crippen molar-refractivity contribution in [3.8, 4) is 0 Å². The molecule has 0 aliphatic carbocycles. The first-order valence-corrected chi connectivity index (χ1v) is 4.96. The van der Waals surface area contributed by atoms with Crippen molar-refractivity contribution >= 4 is 11.9 Å². The molecule has 16 heavy (non-hydrogen) atoms. The molecule has 0 saturated carbocycles. The van der Waals surface area contributed by atoms with Gasteiger partial charge in [0, 0.05) is 20.1 Å². The van der Waals surface area contributed by atoms with Gasteiger partial charge in [0.25, 0.3) is 0 Å². The second kappa shape index (κ2) is 6.44. The van der Waals surface area contributed by atoms with Crippen LogP contribution in [0.3, 0.4) is 0 Å². The van der Waals surface area contributed by atoms with Crippen LogP contribution in [0.1, 0.15) is 20.3 Å². The Bertz CT molecular complexity index is 252. The van der Waals surface area contributed by atoms with Crippen LogP contribution >= 0.6 is 0 Å². The first-order chi connectivity index (χ1) is 7.29. The summed E-state index contributed by atoms with van der Waals surface area (Å²) in [5, 5.41) is 20.5. The molecule has 1 amide bonds. The molecule has 6 nitrogen and oxygen atoms in total. The van der Waals surface area contributed by atoms with Crippen LogP contribution < -0.4 is 5.32 Å². The smallest absolute Gasteiger partial charge is 0.309 e. The monoisotopic (exact) mass is 233 g/mol. The molecule has 0 aromatic rings. The van der Waals surface area contributed by atoms with Crippen LogP contribution in [0.5, 0.6) is 0 Å². The van der Waals surface area contributed by atoms with Gasteiger partial charge in [0.05, 0.1) is 18.1 Å². The summed E-state index contributed by atoms with van der Waals surface area (Å²) in [6.45, 7) is 3.13. The van der Waals surface area contributed by atoms with Gasteiger partial charge in [-0.15, -0.1) is 0 Å². The molecule has 3 N–H and O–H groups in total. The number of carbonyl (C=O) groups is 2. The molecule has 0 aliphatic heterocycles. The van der Waals surface area contributed by atoms with E-state index in [-0.39, 0.29) is 19.6 Å². The molecule has 0 spiro atoms. The Kier molecular flexibility index (Phi) is 5.98. The lowest BCUT2D eigenvalue weighted by Gasteiger charge is -2.19. The van der Waals surface area contributed by atoms with E-state index in [1.165, 1.54) is 21.0 Å². The third-order valence-electron chi connectivity index (χ3n) is 2.08. The van der Waals surface area contributed by atoms with Gasteiger partial charge < -0.3 is 20.3 Å². The van der Waals surface area contributed by atoms with Crippen molar-refractivity contribution in [3.63, 3.8) is 0 Å². The maximum Gasteiger partial charge on any atom is 0.309 e. The molecule has 0 bridgehead atoms. The fourth-order valence-electron chi connectivity index (χ4n) is 1.02. The molecule has 0 fully saturated rings. The van der Waals surface area contributed by atoms with E-state index in [4.69, 9.17) is 5.11 Å². The number of hydrogen-bond donors (Lipinski definition) is 3. The molecular weight excluding hydrogens is 214 g/mol. The van der Waals surface area contributed by atoms with Gasteiger partial charge in [0.2, 0.25) is 5.91 Å². The fourth-order valence-corrected chi connectivity index (χ4v) is 1.02. The van der Waals surface area contributed by atoms with Crippen molar-refractivity contribution in [2.45, 2.75) is 26.4 Å². The molecule has 0 heterocycles. The van der Waals surface area contributed by atoms with Gasteiger partial charge in [-0.05, 0) is 13.8 Å². The minimum atomic E-state index is -1.10. The van der Waals surface area contributed by atoms with Crippen molar-refractivity contribution in [1.29, 1.82) is 0 Å². The molecular formula is C10H19NO5. The number of hydrogen-bond acceptors (Lipinski definition) is 4. The number of aliphatic hydroxyl groups is 1. The summed E-state index contributed by atoms with van der Waals surface area (Å²) in [4.78, 5) is 22.1. The summed E-state index contributed by atoms with van der Waals surface area (Å²) in [5.74, 6) is -1.43. The first-order valence-electron chi connectivity index (χ1n) is 4.96. The molecule has 0 aromatic heterocycles. The molecule has 0 aromatic carbocycles. The van der Waals surface area contributed by atoms with Crippen LogP contribution in [0.2, 0.25) is 0 Å². The number of ether oxygens (including phenoxy) is 1. The van der Waals surface area contributed by atoms with Crippen LogP contribution in [0.25, 0.3) is 0 Å². The zero-order chi connectivity index (χ0) is 12.8. The van der Waals surface area contributed by atoms with E-state index in [9.17, 15) is 14.7 Å². The molecule has 0 radical (unpaired) electrons. The van der Waals surface area contributed by atoms with Gasteiger partial charge in [0.15, 0.2) is 0 Å². The minimum absolute atomic E-state index is 0.0579. The van der Waals surface area contributed by atoms with E-state index in [1.54, 1.807) is 0 Å². The molecule has 1 unspecified atom stereocenters. The molecule has 0 saturated heterocycles. The Morgan fingerprint density at radius 3 is 2.44 bits per heavy atom. The van der Waals surface area contributed by atoms with Gasteiger partial charge in [-0.2, -0.15) is 0 Å². The number of nitrogens with one attached hydrogen (secondary N) is 1. The van der Waals surface area contributed by atoms with Gasteiger partial charge in [0.1, 0.15) is 0 Å². The highest BCUT2D eigenvalue weighted by molar-refractivity contribution is 5.84. The summed E-state index contributed by atoms with van der Waals surface area (Å²) < 4.78 is 4.68. The number of aliphatic hydroxyl groups excluding tert-OH is 1. The van der Waals surface area contributed by atoms with E-state index >= 15 is 0 Å². The second-order valence-electron chi connectivity index (χ2n) is 4.28.